The summed E-state index contributed by atoms with van der Waals surface area (Å²) in [6.45, 7) is 3.74. The second kappa shape index (κ2) is 7.10. The van der Waals surface area contributed by atoms with Crippen LogP contribution in [0.5, 0.6) is 5.75 Å². The fourth-order valence-corrected chi connectivity index (χ4v) is 2.83. The van der Waals surface area contributed by atoms with Gasteiger partial charge in [-0.2, -0.15) is 5.10 Å². The SMILES string of the molecule is COc1cccc(-n2cc([C@H](C)NC(=O)c3nnc4nc(C)ccn34)cn2)c1. The number of nitrogens with one attached hydrogen (secondary N) is 1. The number of carbonyl (C=O) groups is 1. The minimum atomic E-state index is -0.334. The summed E-state index contributed by atoms with van der Waals surface area (Å²) in [7, 11) is 1.62. The highest BCUT2D eigenvalue weighted by atomic mass is 16.5. The maximum atomic E-state index is 12.6. The van der Waals surface area contributed by atoms with Crippen LogP contribution in [0.15, 0.2) is 48.9 Å². The monoisotopic (exact) mass is 377 g/mol. The van der Waals surface area contributed by atoms with Gasteiger partial charge in [-0.1, -0.05) is 6.07 Å². The van der Waals surface area contributed by atoms with Crippen LogP contribution in [0.4, 0.5) is 0 Å². The number of hydrogen-bond donors (Lipinski definition) is 1. The van der Waals surface area contributed by atoms with Crippen molar-refractivity contribution < 1.29 is 9.53 Å². The Kier molecular flexibility index (Phi) is 4.48. The first kappa shape index (κ1) is 17.7. The molecule has 9 heteroatoms. The van der Waals surface area contributed by atoms with Crippen molar-refractivity contribution in [3.05, 3.63) is 66.0 Å². The number of methoxy groups -OCH3 is 1. The summed E-state index contributed by atoms with van der Waals surface area (Å²) in [6.07, 6.45) is 5.32. The van der Waals surface area contributed by atoms with Crippen LogP contribution in [0.25, 0.3) is 11.5 Å². The molecule has 3 heterocycles. The van der Waals surface area contributed by atoms with Crippen LogP contribution in [0.1, 0.15) is 34.8 Å². The van der Waals surface area contributed by atoms with Crippen molar-refractivity contribution in [1.82, 2.24) is 34.7 Å². The number of aromatic nitrogens is 6. The fraction of sp³-hybridized carbons (Fsp3) is 0.211. The minimum absolute atomic E-state index is 0.189. The van der Waals surface area contributed by atoms with Gasteiger partial charge in [-0.15, -0.1) is 10.2 Å². The van der Waals surface area contributed by atoms with Crippen LogP contribution in [-0.4, -0.2) is 42.4 Å². The number of fused-ring (bicyclic) bond motifs is 1. The van der Waals surface area contributed by atoms with Crippen LogP contribution in [0.2, 0.25) is 0 Å². The maximum absolute atomic E-state index is 12.6. The van der Waals surface area contributed by atoms with E-state index in [4.69, 9.17) is 4.74 Å². The molecule has 142 valence electrons. The van der Waals surface area contributed by atoms with Gasteiger partial charge in [0.1, 0.15) is 5.75 Å². The van der Waals surface area contributed by atoms with E-state index in [1.165, 1.54) is 0 Å². The zero-order valence-electron chi connectivity index (χ0n) is 15.7. The number of amides is 1. The van der Waals surface area contributed by atoms with Crippen LogP contribution in [-0.2, 0) is 0 Å². The largest absolute Gasteiger partial charge is 0.497 e. The normalized spacial score (nSPS) is 12.1. The first-order valence-electron chi connectivity index (χ1n) is 8.73. The molecule has 0 aliphatic rings. The lowest BCUT2D eigenvalue weighted by atomic mass is 10.2. The summed E-state index contributed by atoms with van der Waals surface area (Å²) >= 11 is 0. The quantitative estimate of drug-likeness (QED) is 0.572. The van der Waals surface area contributed by atoms with Gasteiger partial charge in [-0.3, -0.25) is 9.20 Å². The second-order valence-electron chi connectivity index (χ2n) is 6.38. The van der Waals surface area contributed by atoms with E-state index >= 15 is 0 Å². The number of aryl methyl sites for hydroxylation is 1. The maximum Gasteiger partial charge on any atom is 0.290 e. The molecule has 1 aromatic carbocycles. The lowest BCUT2D eigenvalue weighted by Gasteiger charge is -2.11. The lowest BCUT2D eigenvalue weighted by molar-refractivity contribution is 0.0928. The standard InChI is InChI=1S/C19H19N7O2/c1-12-7-8-25-17(23-24-19(25)21-12)18(27)22-13(2)14-10-20-26(11-14)15-5-4-6-16(9-15)28-3/h4-11,13H,1-3H3,(H,22,27)/t13-/m0/s1. The highest BCUT2D eigenvalue weighted by molar-refractivity contribution is 5.91. The van der Waals surface area contributed by atoms with E-state index in [-0.39, 0.29) is 17.8 Å². The highest BCUT2D eigenvalue weighted by Crippen LogP contribution is 2.18. The Morgan fingerprint density at radius 3 is 2.93 bits per heavy atom. The van der Waals surface area contributed by atoms with Gasteiger partial charge in [0, 0.05) is 29.7 Å². The molecule has 9 nitrogen and oxygen atoms in total. The Hall–Kier alpha value is -3.75. The van der Waals surface area contributed by atoms with E-state index in [0.29, 0.717) is 5.78 Å². The second-order valence-corrected chi connectivity index (χ2v) is 6.38. The summed E-state index contributed by atoms with van der Waals surface area (Å²) in [5.74, 6) is 0.997. The van der Waals surface area contributed by atoms with Crippen molar-refractivity contribution >= 4 is 11.7 Å². The smallest absolute Gasteiger partial charge is 0.290 e. The van der Waals surface area contributed by atoms with E-state index < -0.39 is 0 Å². The van der Waals surface area contributed by atoms with Crippen molar-refractivity contribution in [2.75, 3.05) is 7.11 Å². The molecule has 0 aliphatic carbocycles. The molecule has 0 radical (unpaired) electrons. The highest BCUT2D eigenvalue weighted by Gasteiger charge is 2.19. The molecule has 1 amide bonds. The summed E-state index contributed by atoms with van der Waals surface area (Å²) in [5, 5.41) is 15.2. The summed E-state index contributed by atoms with van der Waals surface area (Å²) in [6, 6.07) is 9.12. The zero-order chi connectivity index (χ0) is 19.7. The molecular formula is C19H19N7O2. The Labute approximate surface area is 161 Å². The van der Waals surface area contributed by atoms with E-state index in [9.17, 15) is 4.79 Å². The predicted molar refractivity (Wildman–Crippen MR) is 102 cm³/mol. The van der Waals surface area contributed by atoms with Gasteiger partial charge >= 0.3 is 0 Å². The van der Waals surface area contributed by atoms with Gasteiger partial charge in [0.05, 0.1) is 25.0 Å². The average Bonchev–Trinajstić information content (AvgIpc) is 3.35. The third kappa shape index (κ3) is 3.29. The lowest BCUT2D eigenvalue weighted by Crippen LogP contribution is -2.28. The molecule has 0 aliphatic heterocycles. The zero-order valence-corrected chi connectivity index (χ0v) is 15.7. The van der Waals surface area contributed by atoms with Gasteiger partial charge in [0.15, 0.2) is 0 Å². The molecule has 4 rings (SSSR count). The Morgan fingerprint density at radius 2 is 2.11 bits per heavy atom. The molecule has 1 atom stereocenters. The summed E-state index contributed by atoms with van der Waals surface area (Å²) in [4.78, 5) is 16.9. The van der Waals surface area contributed by atoms with Gasteiger partial charge < -0.3 is 10.1 Å². The molecule has 3 aromatic heterocycles. The fourth-order valence-electron chi connectivity index (χ4n) is 2.83. The third-order valence-electron chi connectivity index (χ3n) is 4.39. The van der Waals surface area contributed by atoms with E-state index in [1.807, 2.05) is 44.3 Å². The Bertz CT molecular complexity index is 1150. The number of benzene rings is 1. The van der Waals surface area contributed by atoms with Crippen LogP contribution in [0, 0.1) is 6.92 Å². The van der Waals surface area contributed by atoms with Gasteiger partial charge in [0.2, 0.25) is 5.82 Å². The molecule has 0 spiro atoms. The van der Waals surface area contributed by atoms with Crippen molar-refractivity contribution in [2.45, 2.75) is 19.9 Å². The number of ether oxygens (including phenoxy) is 1. The predicted octanol–water partition coefficient (Wildman–Crippen LogP) is 2.12. The number of carbonyl (C=O) groups excluding carboxylic acids is 1. The van der Waals surface area contributed by atoms with Gasteiger partial charge in [-0.25, -0.2) is 9.67 Å². The summed E-state index contributed by atoms with van der Waals surface area (Å²) in [5.41, 5.74) is 2.54. The van der Waals surface area contributed by atoms with Crippen molar-refractivity contribution in [3.8, 4) is 11.4 Å². The van der Waals surface area contributed by atoms with Crippen LogP contribution >= 0.6 is 0 Å². The number of hydrogen-bond acceptors (Lipinski definition) is 6. The molecule has 0 unspecified atom stereocenters. The summed E-state index contributed by atoms with van der Waals surface area (Å²) < 4.78 is 8.55. The van der Waals surface area contributed by atoms with Crippen molar-refractivity contribution in [3.63, 3.8) is 0 Å². The molecule has 1 N–H and O–H groups in total. The van der Waals surface area contributed by atoms with Crippen LogP contribution < -0.4 is 10.1 Å². The van der Waals surface area contributed by atoms with E-state index in [1.54, 1.807) is 34.7 Å². The van der Waals surface area contributed by atoms with Crippen molar-refractivity contribution in [1.29, 1.82) is 0 Å². The van der Waals surface area contributed by atoms with Crippen LogP contribution in [0.3, 0.4) is 0 Å². The van der Waals surface area contributed by atoms with E-state index in [0.717, 1.165) is 22.7 Å². The van der Waals surface area contributed by atoms with Gasteiger partial charge in [0.25, 0.3) is 11.7 Å². The molecule has 0 saturated carbocycles. The van der Waals surface area contributed by atoms with E-state index in [2.05, 4.69) is 25.6 Å². The number of nitrogens with zero attached hydrogens (tertiary/aromatic N) is 6. The Balaban J connectivity index is 1.52. The molecule has 4 aromatic rings. The Morgan fingerprint density at radius 1 is 1.25 bits per heavy atom. The average molecular weight is 377 g/mol. The first-order chi connectivity index (χ1) is 13.5. The molecule has 0 fully saturated rings. The molecule has 0 saturated heterocycles. The first-order valence-corrected chi connectivity index (χ1v) is 8.73. The molecule has 28 heavy (non-hydrogen) atoms. The minimum Gasteiger partial charge on any atom is -0.497 e. The molecule has 0 bridgehead atoms. The number of rotatable bonds is 5. The van der Waals surface area contributed by atoms with Gasteiger partial charge in [-0.05, 0) is 32.0 Å². The molecular weight excluding hydrogens is 358 g/mol. The van der Waals surface area contributed by atoms with Crippen molar-refractivity contribution in [2.24, 2.45) is 0 Å². The topological polar surface area (TPSA) is 99.2 Å². The third-order valence-corrected chi connectivity index (χ3v) is 4.39.